The van der Waals surface area contributed by atoms with E-state index in [1.807, 2.05) is 12.1 Å². The molecule has 0 unspecified atom stereocenters. The first kappa shape index (κ1) is 11.0. The minimum absolute atomic E-state index is 0.105. The SMILES string of the molecule is O=C(O)Cc1cccc(C2CCCC2)c1O. The van der Waals surface area contributed by atoms with Gasteiger partial charge in [0, 0.05) is 5.56 Å². The molecule has 2 N–H and O–H groups in total. The van der Waals surface area contributed by atoms with Crippen LogP contribution in [0, 0.1) is 0 Å². The first-order valence-electron chi connectivity index (χ1n) is 5.71. The van der Waals surface area contributed by atoms with E-state index in [1.165, 1.54) is 12.8 Å². The first-order chi connectivity index (χ1) is 7.68. The molecule has 0 amide bonds. The Morgan fingerprint density at radius 2 is 2.00 bits per heavy atom. The Kier molecular flexibility index (Phi) is 3.13. The van der Waals surface area contributed by atoms with Crippen molar-refractivity contribution in [2.45, 2.75) is 38.0 Å². The zero-order valence-corrected chi connectivity index (χ0v) is 9.15. The van der Waals surface area contributed by atoms with E-state index >= 15 is 0 Å². The summed E-state index contributed by atoms with van der Waals surface area (Å²) in [5, 5.41) is 18.8. The maximum atomic E-state index is 10.6. The number of hydrogen-bond acceptors (Lipinski definition) is 2. The van der Waals surface area contributed by atoms with E-state index < -0.39 is 5.97 Å². The van der Waals surface area contributed by atoms with Gasteiger partial charge >= 0.3 is 5.97 Å². The molecule has 0 saturated heterocycles. The summed E-state index contributed by atoms with van der Waals surface area (Å²) in [5.41, 5.74) is 1.45. The quantitative estimate of drug-likeness (QED) is 0.823. The Labute approximate surface area is 94.7 Å². The number of carboxylic acids is 1. The van der Waals surface area contributed by atoms with Crippen LogP contribution in [-0.2, 0) is 11.2 Å². The number of benzene rings is 1. The fraction of sp³-hybridized carbons (Fsp3) is 0.462. The van der Waals surface area contributed by atoms with Crippen molar-refractivity contribution in [3.63, 3.8) is 0 Å². The molecular weight excluding hydrogens is 204 g/mol. The van der Waals surface area contributed by atoms with Gasteiger partial charge in [0.15, 0.2) is 0 Å². The van der Waals surface area contributed by atoms with Gasteiger partial charge in [-0.1, -0.05) is 31.0 Å². The van der Waals surface area contributed by atoms with Crippen molar-refractivity contribution in [3.05, 3.63) is 29.3 Å². The average Bonchev–Trinajstić information content (AvgIpc) is 2.73. The third-order valence-electron chi connectivity index (χ3n) is 3.29. The molecule has 2 rings (SSSR count). The predicted octanol–water partition coefficient (Wildman–Crippen LogP) is 2.68. The molecule has 0 aliphatic heterocycles. The number of carboxylic acid groups (broad SMARTS) is 1. The Morgan fingerprint density at radius 1 is 1.31 bits per heavy atom. The second kappa shape index (κ2) is 4.56. The average molecular weight is 220 g/mol. The fourth-order valence-corrected chi connectivity index (χ4v) is 2.48. The number of rotatable bonds is 3. The molecule has 0 bridgehead atoms. The molecule has 0 heterocycles. The Balaban J connectivity index is 2.28. The van der Waals surface area contributed by atoms with Gasteiger partial charge in [0.2, 0.25) is 0 Å². The summed E-state index contributed by atoms with van der Waals surface area (Å²) >= 11 is 0. The summed E-state index contributed by atoms with van der Waals surface area (Å²) in [6.07, 6.45) is 4.50. The molecule has 3 heteroatoms. The van der Waals surface area contributed by atoms with Crippen molar-refractivity contribution in [1.82, 2.24) is 0 Å². The molecule has 86 valence electrons. The van der Waals surface area contributed by atoms with Gasteiger partial charge < -0.3 is 10.2 Å². The van der Waals surface area contributed by atoms with E-state index in [0.29, 0.717) is 11.5 Å². The van der Waals surface area contributed by atoms with Crippen molar-refractivity contribution in [1.29, 1.82) is 0 Å². The van der Waals surface area contributed by atoms with Crippen molar-refractivity contribution in [3.8, 4) is 5.75 Å². The van der Waals surface area contributed by atoms with Gasteiger partial charge in [-0.25, -0.2) is 0 Å². The monoisotopic (exact) mass is 220 g/mol. The van der Waals surface area contributed by atoms with Gasteiger partial charge in [-0.15, -0.1) is 0 Å². The summed E-state index contributed by atoms with van der Waals surface area (Å²) in [6, 6.07) is 5.43. The summed E-state index contributed by atoms with van der Waals surface area (Å²) in [4.78, 5) is 10.6. The number of para-hydroxylation sites is 1. The van der Waals surface area contributed by atoms with Gasteiger partial charge in [-0.05, 0) is 24.3 Å². The molecule has 1 aliphatic carbocycles. The maximum absolute atomic E-state index is 10.6. The van der Waals surface area contributed by atoms with Crippen molar-refractivity contribution in [2.24, 2.45) is 0 Å². The molecule has 1 aromatic rings. The lowest BCUT2D eigenvalue weighted by Gasteiger charge is -2.13. The van der Waals surface area contributed by atoms with Crippen LogP contribution < -0.4 is 0 Å². The maximum Gasteiger partial charge on any atom is 0.307 e. The lowest BCUT2D eigenvalue weighted by atomic mass is 9.94. The van der Waals surface area contributed by atoms with E-state index in [9.17, 15) is 9.90 Å². The number of aromatic hydroxyl groups is 1. The van der Waals surface area contributed by atoms with Crippen LogP contribution in [0.3, 0.4) is 0 Å². The number of carbonyl (C=O) groups is 1. The molecule has 3 nitrogen and oxygen atoms in total. The van der Waals surface area contributed by atoms with E-state index in [4.69, 9.17) is 5.11 Å². The van der Waals surface area contributed by atoms with Crippen LogP contribution >= 0.6 is 0 Å². The number of phenolic OH excluding ortho intramolecular Hbond substituents is 1. The standard InChI is InChI=1S/C13H16O3/c14-12(15)8-10-6-3-7-11(13(10)16)9-4-1-2-5-9/h3,6-7,9,16H,1-2,4-5,8H2,(H,14,15). The van der Waals surface area contributed by atoms with Crippen molar-refractivity contribution < 1.29 is 15.0 Å². The van der Waals surface area contributed by atoms with E-state index in [0.717, 1.165) is 18.4 Å². The van der Waals surface area contributed by atoms with Crippen LogP contribution in [0.5, 0.6) is 5.75 Å². The normalized spacial score (nSPS) is 16.5. The Morgan fingerprint density at radius 3 is 2.62 bits per heavy atom. The highest BCUT2D eigenvalue weighted by atomic mass is 16.4. The molecule has 0 atom stereocenters. The summed E-state index contributed by atoms with van der Waals surface area (Å²) in [6.45, 7) is 0. The molecule has 1 aliphatic rings. The van der Waals surface area contributed by atoms with Crippen molar-refractivity contribution in [2.75, 3.05) is 0 Å². The number of phenols is 1. The highest BCUT2D eigenvalue weighted by Gasteiger charge is 2.21. The molecule has 1 fully saturated rings. The number of hydrogen-bond donors (Lipinski definition) is 2. The highest BCUT2D eigenvalue weighted by Crippen LogP contribution is 2.39. The van der Waals surface area contributed by atoms with E-state index in [1.54, 1.807) is 6.07 Å². The Bertz CT molecular complexity index is 392. The zero-order chi connectivity index (χ0) is 11.5. The third kappa shape index (κ3) is 2.18. The second-order valence-corrected chi connectivity index (χ2v) is 4.41. The summed E-state index contributed by atoms with van der Waals surface area (Å²) in [7, 11) is 0. The molecule has 0 radical (unpaired) electrons. The van der Waals surface area contributed by atoms with E-state index in [2.05, 4.69) is 0 Å². The molecule has 1 saturated carbocycles. The van der Waals surface area contributed by atoms with Gasteiger partial charge in [0.1, 0.15) is 5.75 Å². The minimum atomic E-state index is -0.904. The predicted molar refractivity (Wildman–Crippen MR) is 60.7 cm³/mol. The van der Waals surface area contributed by atoms with Crippen LogP contribution in [0.1, 0.15) is 42.7 Å². The third-order valence-corrected chi connectivity index (χ3v) is 3.29. The van der Waals surface area contributed by atoms with Gasteiger partial charge in [-0.2, -0.15) is 0 Å². The van der Waals surface area contributed by atoms with Crippen LogP contribution in [-0.4, -0.2) is 16.2 Å². The lowest BCUT2D eigenvalue weighted by molar-refractivity contribution is -0.136. The second-order valence-electron chi connectivity index (χ2n) is 4.41. The largest absolute Gasteiger partial charge is 0.507 e. The van der Waals surface area contributed by atoms with E-state index in [-0.39, 0.29) is 12.2 Å². The lowest BCUT2D eigenvalue weighted by Crippen LogP contribution is -2.02. The minimum Gasteiger partial charge on any atom is -0.507 e. The first-order valence-corrected chi connectivity index (χ1v) is 5.71. The van der Waals surface area contributed by atoms with Crippen LogP contribution in [0.4, 0.5) is 0 Å². The number of aliphatic carboxylic acids is 1. The summed E-state index contributed by atoms with van der Waals surface area (Å²) in [5.74, 6) is -0.301. The fourth-order valence-electron chi connectivity index (χ4n) is 2.48. The summed E-state index contributed by atoms with van der Waals surface area (Å²) < 4.78 is 0. The van der Waals surface area contributed by atoms with Gasteiger partial charge in [-0.3, -0.25) is 4.79 Å². The smallest absolute Gasteiger partial charge is 0.307 e. The highest BCUT2D eigenvalue weighted by molar-refractivity contribution is 5.71. The van der Waals surface area contributed by atoms with Crippen molar-refractivity contribution >= 4 is 5.97 Å². The Hall–Kier alpha value is -1.51. The topological polar surface area (TPSA) is 57.5 Å². The molecule has 1 aromatic carbocycles. The zero-order valence-electron chi connectivity index (χ0n) is 9.15. The molecule has 0 aromatic heterocycles. The van der Waals surface area contributed by atoms with Crippen LogP contribution in [0.2, 0.25) is 0 Å². The van der Waals surface area contributed by atoms with Gasteiger partial charge in [0.05, 0.1) is 6.42 Å². The van der Waals surface area contributed by atoms with Crippen LogP contribution in [0.25, 0.3) is 0 Å². The molecule has 0 spiro atoms. The molecule has 16 heavy (non-hydrogen) atoms. The van der Waals surface area contributed by atoms with Gasteiger partial charge in [0.25, 0.3) is 0 Å². The molecular formula is C13H16O3. The van der Waals surface area contributed by atoms with Crippen LogP contribution in [0.15, 0.2) is 18.2 Å².